The lowest BCUT2D eigenvalue weighted by atomic mass is 10.0. The largest absolute Gasteiger partial charge is 0.398 e. The van der Waals surface area contributed by atoms with Crippen molar-refractivity contribution in [1.82, 2.24) is 4.90 Å². The van der Waals surface area contributed by atoms with Crippen molar-refractivity contribution in [2.75, 3.05) is 12.3 Å². The second-order valence-electron chi connectivity index (χ2n) is 6.02. The number of amides is 1. The highest BCUT2D eigenvalue weighted by Gasteiger charge is 2.29. The Kier molecular flexibility index (Phi) is 3.83. The predicted octanol–water partition coefficient (Wildman–Crippen LogP) is 3.15. The molecule has 1 aliphatic carbocycles. The predicted molar refractivity (Wildman–Crippen MR) is 79.2 cm³/mol. The Hall–Kier alpha value is -1.51. The van der Waals surface area contributed by atoms with Gasteiger partial charge in [-0.1, -0.05) is 6.07 Å². The third-order valence-corrected chi connectivity index (χ3v) is 3.88. The van der Waals surface area contributed by atoms with Crippen LogP contribution in [0.25, 0.3) is 0 Å². The molecule has 1 aromatic carbocycles. The van der Waals surface area contributed by atoms with Gasteiger partial charge in [0.2, 0.25) is 0 Å². The van der Waals surface area contributed by atoms with Gasteiger partial charge in [-0.15, -0.1) is 0 Å². The summed E-state index contributed by atoms with van der Waals surface area (Å²) in [5.41, 5.74) is 9.44. The Bertz CT molecular complexity index is 490. The lowest BCUT2D eigenvalue weighted by Gasteiger charge is -2.27. The van der Waals surface area contributed by atoms with Crippen LogP contribution in [-0.2, 0) is 0 Å². The lowest BCUT2D eigenvalue weighted by molar-refractivity contribution is 0.0695. The van der Waals surface area contributed by atoms with E-state index < -0.39 is 0 Å². The molecule has 0 atom stereocenters. The maximum Gasteiger partial charge on any atom is 0.254 e. The van der Waals surface area contributed by atoms with E-state index in [0.717, 1.165) is 23.2 Å². The van der Waals surface area contributed by atoms with Crippen LogP contribution in [0.4, 0.5) is 5.69 Å². The second kappa shape index (κ2) is 5.24. The number of aryl methyl sites for hydroxylation is 2. The fourth-order valence-electron chi connectivity index (χ4n) is 2.36. The Morgan fingerprint density at radius 2 is 1.95 bits per heavy atom. The number of nitrogens with two attached hydrogens (primary N) is 1. The van der Waals surface area contributed by atoms with Gasteiger partial charge >= 0.3 is 0 Å². The summed E-state index contributed by atoms with van der Waals surface area (Å²) < 4.78 is 0. The van der Waals surface area contributed by atoms with Gasteiger partial charge in [-0.3, -0.25) is 4.79 Å². The third kappa shape index (κ3) is 3.09. The highest BCUT2D eigenvalue weighted by molar-refractivity contribution is 5.97. The average molecular weight is 260 g/mol. The number of carbonyl (C=O) groups is 1. The normalized spacial score (nSPS) is 14.8. The van der Waals surface area contributed by atoms with Gasteiger partial charge in [0.1, 0.15) is 0 Å². The highest BCUT2D eigenvalue weighted by Crippen LogP contribution is 2.31. The number of carbonyl (C=O) groups excluding carboxylic acids is 1. The number of anilines is 1. The topological polar surface area (TPSA) is 46.3 Å². The van der Waals surface area contributed by atoms with Crippen molar-refractivity contribution in [2.45, 2.75) is 46.6 Å². The molecule has 0 heterocycles. The number of rotatable bonds is 4. The van der Waals surface area contributed by atoms with E-state index >= 15 is 0 Å². The van der Waals surface area contributed by atoms with E-state index in [1.165, 1.54) is 12.8 Å². The van der Waals surface area contributed by atoms with Crippen molar-refractivity contribution in [3.8, 4) is 0 Å². The maximum absolute atomic E-state index is 12.7. The number of nitrogen functional groups attached to an aromatic ring is 1. The van der Waals surface area contributed by atoms with Gasteiger partial charge in [0.05, 0.1) is 0 Å². The van der Waals surface area contributed by atoms with Crippen molar-refractivity contribution in [1.29, 1.82) is 0 Å². The van der Waals surface area contributed by atoms with Crippen molar-refractivity contribution in [3.05, 3.63) is 28.8 Å². The fourth-order valence-corrected chi connectivity index (χ4v) is 2.36. The summed E-state index contributed by atoms with van der Waals surface area (Å²) in [6.45, 7) is 8.99. The molecule has 1 aromatic rings. The summed E-state index contributed by atoms with van der Waals surface area (Å²) in [5, 5.41) is 0. The summed E-state index contributed by atoms with van der Waals surface area (Å²) in [7, 11) is 0. The van der Waals surface area contributed by atoms with E-state index in [9.17, 15) is 4.79 Å². The molecule has 3 heteroatoms. The van der Waals surface area contributed by atoms with E-state index in [2.05, 4.69) is 13.8 Å². The van der Waals surface area contributed by atoms with Gasteiger partial charge in [-0.05, 0) is 63.6 Å². The molecule has 1 amide bonds. The molecule has 104 valence electrons. The van der Waals surface area contributed by atoms with E-state index in [-0.39, 0.29) is 11.9 Å². The molecule has 0 bridgehead atoms. The van der Waals surface area contributed by atoms with Crippen LogP contribution in [0, 0.1) is 19.8 Å². The molecule has 2 rings (SSSR count). The second-order valence-corrected chi connectivity index (χ2v) is 6.02. The summed E-state index contributed by atoms with van der Waals surface area (Å²) >= 11 is 0. The Balaban J connectivity index is 2.27. The first-order valence-electron chi connectivity index (χ1n) is 7.07. The highest BCUT2D eigenvalue weighted by atomic mass is 16.2. The molecule has 0 unspecified atom stereocenters. The monoisotopic (exact) mass is 260 g/mol. The minimum atomic E-state index is 0.117. The fraction of sp³-hybridized carbons (Fsp3) is 0.562. The molecule has 19 heavy (non-hydrogen) atoms. The van der Waals surface area contributed by atoms with E-state index in [1.54, 1.807) is 0 Å². The van der Waals surface area contributed by atoms with Crippen LogP contribution in [0.2, 0.25) is 0 Å². The van der Waals surface area contributed by atoms with Gasteiger partial charge in [-0.2, -0.15) is 0 Å². The number of hydrogen-bond acceptors (Lipinski definition) is 2. The first-order chi connectivity index (χ1) is 8.90. The van der Waals surface area contributed by atoms with Crippen LogP contribution in [0.5, 0.6) is 0 Å². The van der Waals surface area contributed by atoms with Crippen LogP contribution in [0.15, 0.2) is 12.1 Å². The molecule has 0 aliphatic heterocycles. The van der Waals surface area contributed by atoms with Crippen LogP contribution < -0.4 is 5.73 Å². The first-order valence-corrected chi connectivity index (χ1v) is 7.07. The molecule has 3 nitrogen and oxygen atoms in total. The molecule has 2 N–H and O–H groups in total. The van der Waals surface area contributed by atoms with Crippen molar-refractivity contribution >= 4 is 11.6 Å². The van der Waals surface area contributed by atoms with Crippen molar-refractivity contribution < 1.29 is 4.79 Å². The molecule has 0 spiro atoms. The standard InChI is InChI=1S/C16H24N2O/c1-10(2)18(9-13-5-6-13)16(19)14-8-15(17)12(4)7-11(14)3/h7-8,10,13H,5-6,9,17H2,1-4H3. The molecule has 1 saturated carbocycles. The van der Waals surface area contributed by atoms with E-state index in [1.807, 2.05) is 30.9 Å². The van der Waals surface area contributed by atoms with Gasteiger partial charge in [-0.25, -0.2) is 0 Å². The molecule has 1 aliphatic rings. The lowest BCUT2D eigenvalue weighted by Crippen LogP contribution is -2.38. The zero-order chi connectivity index (χ0) is 14.2. The third-order valence-electron chi connectivity index (χ3n) is 3.88. The Morgan fingerprint density at radius 3 is 2.47 bits per heavy atom. The molecular weight excluding hydrogens is 236 g/mol. The van der Waals surface area contributed by atoms with Gasteiger partial charge in [0.15, 0.2) is 0 Å². The number of nitrogens with zero attached hydrogens (tertiary/aromatic N) is 1. The van der Waals surface area contributed by atoms with Crippen LogP contribution in [0.1, 0.15) is 48.2 Å². The SMILES string of the molecule is Cc1cc(C)c(C(=O)N(CC2CC2)C(C)C)cc1N. The average Bonchev–Trinajstić information content (AvgIpc) is 3.13. The minimum absolute atomic E-state index is 0.117. The van der Waals surface area contributed by atoms with Gasteiger partial charge in [0, 0.05) is 23.8 Å². The van der Waals surface area contributed by atoms with E-state index in [4.69, 9.17) is 5.73 Å². The van der Waals surface area contributed by atoms with Crippen molar-refractivity contribution in [3.63, 3.8) is 0 Å². The molecular formula is C16H24N2O. The Labute approximate surface area is 115 Å². The quantitative estimate of drug-likeness (QED) is 0.845. The summed E-state index contributed by atoms with van der Waals surface area (Å²) in [5.74, 6) is 0.820. The van der Waals surface area contributed by atoms with Gasteiger partial charge in [0.25, 0.3) is 5.91 Å². The first kappa shape index (κ1) is 13.9. The smallest absolute Gasteiger partial charge is 0.254 e. The summed E-state index contributed by atoms with van der Waals surface area (Å²) in [6, 6.07) is 4.06. The summed E-state index contributed by atoms with van der Waals surface area (Å²) in [6.07, 6.45) is 2.51. The zero-order valence-electron chi connectivity index (χ0n) is 12.4. The molecule has 1 fully saturated rings. The molecule has 0 saturated heterocycles. The zero-order valence-corrected chi connectivity index (χ0v) is 12.4. The van der Waals surface area contributed by atoms with E-state index in [0.29, 0.717) is 11.6 Å². The summed E-state index contributed by atoms with van der Waals surface area (Å²) in [4.78, 5) is 14.7. The Morgan fingerprint density at radius 1 is 1.32 bits per heavy atom. The maximum atomic E-state index is 12.7. The number of hydrogen-bond donors (Lipinski definition) is 1. The minimum Gasteiger partial charge on any atom is -0.398 e. The molecule has 0 radical (unpaired) electrons. The van der Waals surface area contributed by atoms with Gasteiger partial charge < -0.3 is 10.6 Å². The van der Waals surface area contributed by atoms with Crippen molar-refractivity contribution in [2.24, 2.45) is 5.92 Å². The van der Waals surface area contributed by atoms with Crippen LogP contribution in [0.3, 0.4) is 0 Å². The van der Waals surface area contributed by atoms with Crippen LogP contribution in [-0.4, -0.2) is 23.4 Å². The number of benzene rings is 1. The molecule has 0 aromatic heterocycles. The van der Waals surface area contributed by atoms with Crippen LogP contribution >= 0.6 is 0 Å².